The zero-order chi connectivity index (χ0) is 21.0. The zero-order valence-electron chi connectivity index (χ0n) is 16.1. The average molecular weight is 453 g/mol. The van der Waals surface area contributed by atoms with Crippen LogP contribution in [0.4, 0.5) is 10.8 Å². The number of aryl methyl sites for hydroxylation is 1. The van der Waals surface area contributed by atoms with Crippen molar-refractivity contribution in [1.82, 2.24) is 19.7 Å². The van der Waals surface area contributed by atoms with Crippen LogP contribution in [-0.4, -0.2) is 46.1 Å². The molecule has 0 bridgehead atoms. The lowest BCUT2D eigenvalue weighted by atomic mass is 10.3. The molecule has 29 heavy (non-hydrogen) atoms. The van der Waals surface area contributed by atoms with Crippen molar-refractivity contribution in [3.8, 4) is 0 Å². The van der Waals surface area contributed by atoms with E-state index in [0.29, 0.717) is 21.8 Å². The molecule has 12 heteroatoms. The smallest absolute Gasteiger partial charge is 0.236 e. The molecule has 0 spiro atoms. The van der Waals surface area contributed by atoms with Crippen LogP contribution >= 0.6 is 23.1 Å². The van der Waals surface area contributed by atoms with Gasteiger partial charge in [0.25, 0.3) is 0 Å². The van der Waals surface area contributed by atoms with Gasteiger partial charge >= 0.3 is 0 Å². The predicted molar refractivity (Wildman–Crippen MR) is 115 cm³/mol. The predicted octanol–water partition coefficient (Wildman–Crippen LogP) is 2.28. The first kappa shape index (κ1) is 21.3. The van der Waals surface area contributed by atoms with Gasteiger partial charge in [-0.25, -0.2) is 13.4 Å². The summed E-state index contributed by atoms with van der Waals surface area (Å²) in [5, 5.41) is 13.9. The molecule has 0 aliphatic heterocycles. The van der Waals surface area contributed by atoms with Gasteiger partial charge in [0.15, 0.2) is 16.1 Å². The number of hydrogen-bond acceptors (Lipinski definition) is 8. The molecule has 1 aromatic carbocycles. The minimum absolute atomic E-state index is 0.0392. The molecule has 0 aliphatic rings. The number of nitrogens with zero attached hydrogens (tertiary/aromatic N) is 5. The van der Waals surface area contributed by atoms with Crippen LogP contribution in [0.25, 0.3) is 0 Å². The van der Waals surface area contributed by atoms with E-state index >= 15 is 0 Å². The maximum Gasteiger partial charge on any atom is 0.236 e. The summed E-state index contributed by atoms with van der Waals surface area (Å²) < 4.78 is 27.5. The van der Waals surface area contributed by atoms with Crippen LogP contribution < -0.4 is 9.62 Å². The standard InChI is InChI=1S/C17H20N6O3S3/c1-12-10-27-16(18-12)19-15(24)11-28-17-21-20-14(22(17)2)9-23(29(3,25)26)13-7-5-4-6-8-13/h4-8,10H,9,11H2,1-3H3,(H,18,19,24). The fourth-order valence-corrected chi connectivity index (χ4v) is 4.72. The maximum absolute atomic E-state index is 12.3. The normalized spacial score (nSPS) is 11.4. The second kappa shape index (κ2) is 8.93. The third-order valence-corrected chi connectivity index (χ3v) is 6.89. The summed E-state index contributed by atoms with van der Waals surface area (Å²) in [5.74, 6) is 0.410. The fraction of sp³-hybridized carbons (Fsp3) is 0.294. The molecule has 1 amide bonds. The van der Waals surface area contributed by atoms with Crippen molar-refractivity contribution >= 4 is 49.8 Å². The van der Waals surface area contributed by atoms with Crippen LogP contribution in [0.1, 0.15) is 11.5 Å². The fourth-order valence-electron chi connectivity index (χ4n) is 2.43. The van der Waals surface area contributed by atoms with E-state index in [1.807, 2.05) is 18.4 Å². The first-order valence-electron chi connectivity index (χ1n) is 8.50. The Morgan fingerprint density at radius 1 is 1.28 bits per heavy atom. The van der Waals surface area contributed by atoms with Crippen molar-refractivity contribution in [3.63, 3.8) is 0 Å². The van der Waals surface area contributed by atoms with E-state index in [2.05, 4.69) is 20.5 Å². The third-order valence-electron chi connectivity index (χ3n) is 3.85. The summed E-state index contributed by atoms with van der Waals surface area (Å²) in [6.45, 7) is 1.90. The number of sulfonamides is 1. The number of benzene rings is 1. The molecular formula is C17H20N6O3S3. The zero-order valence-corrected chi connectivity index (χ0v) is 18.5. The number of thioether (sulfide) groups is 1. The molecule has 1 N–H and O–H groups in total. The number of nitrogens with one attached hydrogen (secondary N) is 1. The Labute approximate surface area is 177 Å². The Hall–Kier alpha value is -2.44. The lowest BCUT2D eigenvalue weighted by Crippen LogP contribution is -2.30. The van der Waals surface area contributed by atoms with Crippen molar-refractivity contribution in [2.24, 2.45) is 7.05 Å². The Balaban J connectivity index is 1.67. The molecule has 154 valence electrons. The van der Waals surface area contributed by atoms with Gasteiger partial charge in [-0.1, -0.05) is 30.0 Å². The maximum atomic E-state index is 12.3. The molecule has 3 rings (SSSR count). The molecule has 0 saturated heterocycles. The largest absolute Gasteiger partial charge is 0.308 e. The van der Waals surface area contributed by atoms with Gasteiger partial charge < -0.3 is 9.88 Å². The van der Waals surface area contributed by atoms with Crippen molar-refractivity contribution in [1.29, 1.82) is 0 Å². The summed E-state index contributed by atoms with van der Waals surface area (Å²) in [4.78, 5) is 16.3. The van der Waals surface area contributed by atoms with Crippen LogP contribution in [0.2, 0.25) is 0 Å². The molecule has 0 aliphatic carbocycles. The van der Waals surface area contributed by atoms with Gasteiger partial charge in [-0.05, 0) is 19.1 Å². The Morgan fingerprint density at radius 3 is 2.62 bits per heavy atom. The minimum Gasteiger partial charge on any atom is -0.308 e. The SMILES string of the molecule is Cc1csc(NC(=O)CSc2nnc(CN(c3ccccc3)S(C)(=O)=O)n2C)n1. The summed E-state index contributed by atoms with van der Waals surface area (Å²) in [7, 11) is -1.77. The number of thiazole rings is 1. The minimum atomic E-state index is -3.51. The highest BCUT2D eigenvalue weighted by Gasteiger charge is 2.21. The topological polar surface area (TPSA) is 110 Å². The molecule has 0 unspecified atom stereocenters. The van der Waals surface area contributed by atoms with Gasteiger partial charge in [0, 0.05) is 12.4 Å². The van der Waals surface area contributed by atoms with Crippen molar-refractivity contribution in [3.05, 3.63) is 47.2 Å². The molecule has 0 radical (unpaired) electrons. The van der Waals surface area contributed by atoms with E-state index in [9.17, 15) is 13.2 Å². The quantitative estimate of drug-likeness (QED) is 0.522. The van der Waals surface area contributed by atoms with E-state index in [1.165, 1.54) is 27.4 Å². The lowest BCUT2D eigenvalue weighted by Gasteiger charge is -2.21. The highest BCUT2D eigenvalue weighted by atomic mass is 32.2. The van der Waals surface area contributed by atoms with E-state index in [1.54, 1.807) is 35.9 Å². The summed E-state index contributed by atoms with van der Waals surface area (Å²) >= 11 is 2.58. The van der Waals surface area contributed by atoms with Crippen molar-refractivity contribution < 1.29 is 13.2 Å². The van der Waals surface area contributed by atoms with Crippen LogP contribution in [-0.2, 0) is 28.4 Å². The lowest BCUT2D eigenvalue weighted by molar-refractivity contribution is -0.113. The monoisotopic (exact) mass is 452 g/mol. The Kier molecular flexibility index (Phi) is 6.55. The number of hydrogen-bond donors (Lipinski definition) is 1. The number of amides is 1. The molecule has 9 nitrogen and oxygen atoms in total. The van der Waals surface area contributed by atoms with E-state index in [0.717, 1.165) is 11.9 Å². The first-order valence-corrected chi connectivity index (χ1v) is 12.2. The number of para-hydroxylation sites is 1. The van der Waals surface area contributed by atoms with Crippen LogP contribution in [0.15, 0.2) is 40.9 Å². The Bertz CT molecular complexity index is 1090. The van der Waals surface area contributed by atoms with Crippen LogP contribution in [0.5, 0.6) is 0 Å². The number of carbonyl (C=O) groups is 1. The van der Waals surface area contributed by atoms with Crippen molar-refractivity contribution in [2.45, 2.75) is 18.6 Å². The molecule has 2 heterocycles. The summed E-state index contributed by atoms with van der Waals surface area (Å²) in [6, 6.07) is 8.80. The van der Waals surface area contributed by atoms with Gasteiger partial charge in [-0.15, -0.1) is 21.5 Å². The number of aromatic nitrogens is 4. The van der Waals surface area contributed by atoms with E-state index in [4.69, 9.17) is 0 Å². The summed E-state index contributed by atoms with van der Waals surface area (Å²) in [6.07, 6.45) is 1.15. The van der Waals surface area contributed by atoms with Crippen LogP contribution in [0.3, 0.4) is 0 Å². The van der Waals surface area contributed by atoms with Gasteiger partial charge in [0.05, 0.1) is 29.9 Å². The van der Waals surface area contributed by atoms with E-state index < -0.39 is 10.0 Å². The summed E-state index contributed by atoms with van der Waals surface area (Å²) in [5.41, 5.74) is 1.40. The highest BCUT2D eigenvalue weighted by molar-refractivity contribution is 7.99. The number of anilines is 2. The number of rotatable bonds is 8. The molecule has 0 saturated carbocycles. The van der Waals surface area contributed by atoms with E-state index in [-0.39, 0.29) is 18.2 Å². The van der Waals surface area contributed by atoms with Gasteiger partial charge in [0.1, 0.15) is 0 Å². The molecule has 2 aromatic heterocycles. The molecular weight excluding hydrogens is 432 g/mol. The van der Waals surface area contributed by atoms with Gasteiger partial charge in [-0.2, -0.15) is 0 Å². The molecule has 0 atom stereocenters. The Morgan fingerprint density at radius 2 is 2.00 bits per heavy atom. The van der Waals surface area contributed by atoms with Crippen molar-refractivity contribution in [2.75, 3.05) is 21.6 Å². The second-order valence-corrected chi connectivity index (χ2v) is 9.90. The van der Waals surface area contributed by atoms with Gasteiger partial charge in [0.2, 0.25) is 15.9 Å². The van der Waals surface area contributed by atoms with Gasteiger partial charge in [-0.3, -0.25) is 9.10 Å². The highest BCUT2D eigenvalue weighted by Crippen LogP contribution is 2.22. The number of carbonyl (C=O) groups excluding carboxylic acids is 1. The third kappa shape index (κ3) is 5.55. The first-order chi connectivity index (χ1) is 13.7. The molecule has 3 aromatic rings. The van der Waals surface area contributed by atoms with Crippen LogP contribution in [0, 0.1) is 6.92 Å². The second-order valence-electron chi connectivity index (χ2n) is 6.19. The molecule has 0 fully saturated rings. The average Bonchev–Trinajstić information content (AvgIpc) is 3.23.